The molecule has 0 radical (unpaired) electrons. The standard InChI is InChI=1S/C20H21N5O3/c26-20(21-15-6-7-16-17(12-15)28-11-10-27-16)24-8-3-4-14(13-24)19-23-22-18-5-1-2-9-25(18)19/h1-2,5-7,9,12,14H,3-4,8,10-11,13H2,(H,21,26)/t14-/m1/s1. The molecule has 1 aromatic carbocycles. The summed E-state index contributed by atoms with van der Waals surface area (Å²) in [5.74, 6) is 2.45. The minimum absolute atomic E-state index is 0.116. The summed E-state index contributed by atoms with van der Waals surface area (Å²) >= 11 is 0. The van der Waals surface area contributed by atoms with Gasteiger partial charge in [0.25, 0.3) is 0 Å². The molecule has 0 aliphatic carbocycles. The Bertz CT molecular complexity index is 1020. The van der Waals surface area contributed by atoms with Crippen molar-refractivity contribution in [2.75, 3.05) is 31.6 Å². The maximum absolute atomic E-state index is 12.8. The minimum Gasteiger partial charge on any atom is -0.486 e. The number of hydrogen-bond donors (Lipinski definition) is 1. The van der Waals surface area contributed by atoms with E-state index in [1.54, 1.807) is 6.07 Å². The fraction of sp³-hybridized carbons (Fsp3) is 0.350. The second-order valence-electron chi connectivity index (χ2n) is 7.06. The maximum atomic E-state index is 12.8. The number of carbonyl (C=O) groups excluding carboxylic acids is 1. The van der Waals surface area contributed by atoms with Crippen molar-refractivity contribution in [3.8, 4) is 11.5 Å². The summed E-state index contributed by atoms with van der Waals surface area (Å²) in [5, 5.41) is 11.6. The Morgan fingerprint density at radius 2 is 2.00 bits per heavy atom. The van der Waals surface area contributed by atoms with Gasteiger partial charge in [0.05, 0.1) is 0 Å². The van der Waals surface area contributed by atoms with E-state index < -0.39 is 0 Å². The topological polar surface area (TPSA) is 81.0 Å². The van der Waals surface area contributed by atoms with Crippen molar-refractivity contribution in [2.45, 2.75) is 18.8 Å². The van der Waals surface area contributed by atoms with E-state index in [0.717, 1.165) is 30.9 Å². The predicted octanol–water partition coefficient (Wildman–Crippen LogP) is 2.91. The Labute approximate surface area is 162 Å². The van der Waals surface area contributed by atoms with Gasteiger partial charge in [-0.1, -0.05) is 6.07 Å². The zero-order valence-corrected chi connectivity index (χ0v) is 15.4. The third-order valence-corrected chi connectivity index (χ3v) is 5.21. The van der Waals surface area contributed by atoms with Crippen molar-refractivity contribution in [1.29, 1.82) is 0 Å². The van der Waals surface area contributed by atoms with Gasteiger partial charge in [0.2, 0.25) is 0 Å². The van der Waals surface area contributed by atoms with E-state index in [2.05, 4.69) is 15.5 Å². The number of ether oxygens (including phenoxy) is 2. The van der Waals surface area contributed by atoms with Crippen molar-refractivity contribution in [2.24, 2.45) is 0 Å². The molecule has 1 atom stereocenters. The fourth-order valence-corrected chi connectivity index (χ4v) is 3.83. The lowest BCUT2D eigenvalue weighted by Crippen LogP contribution is -2.42. The molecule has 1 saturated heterocycles. The molecule has 4 heterocycles. The molecule has 1 fully saturated rings. The highest BCUT2D eigenvalue weighted by Crippen LogP contribution is 2.33. The van der Waals surface area contributed by atoms with Crippen LogP contribution in [0.2, 0.25) is 0 Å². The van der Waals surface area contributed by atoms with Gasteiger partial charge in [-0.15, -0.1) is 10.2 Å². The number of fused-ring (bicyclic) bond motifs is 2. The first-order valence-electron chi connectivity index (χ1n) is 9.53. The molecule has 5 rings (SSSR count). The van der Waals surface area contributed by atoms with Crippen LogP contribution in [0.1, 0.15) is 24.6 Å². The number of urea groups is 1. The Morgan fingerprint density at radius 1 is 1.11 bits per heavy atom. The minimum atomic E-state index is -0.116. The van der Waals surface area contributed by atoms with Crippen molar-refractivity contribution >= 4 is 17.4 Å². The molecule has 1 N–H and O–H groups in total. The number of benzene rings is 1. The molecule has 28 heavy (non-hydrogen) atoms. The molecule has 0 saturated carbocycles. The van der Waals surface area contributed by atoms with E-state index in [4.69, 9.17) is 9.47 Å². The largest absolute Gasteiger partial charge is 0.486 e. The van der Waals surface area contributed by atoms with Gasteiger partial charge in [-0.25, -0.2) is 4.79 Å². The van der Waals surface area contributed by atoms with Gasteiger partial charge in [-0.3, -0.25) is 4.40 Å². The lowest BCUT2D eigenvalue weighted by Gasteiger charge is -2.32. The number of hydrogen-bond acceptors (Lipinski definition) is 5. The number of nitrogens with one attached hydrogen (secondary N) is 1. The zero-order chi connectivity index (χ0) is 18.9. The summed E-state index contributed by atoms with van der Waals surface area (Å²) in [6.45, 7) is 2.41. The van der Waals surface area contributed by atoms with Crippen LogP contribution < -0.4 is 14.8 Å². The number of rotatable bonds is 2. The SMILES string of the molecule is O=C(Nc1ccc2c(c1)OCCO2)N1CCC[C@@H](c2nnc3ccccn23)C1. The quantitative estimate of drug-likeness (QED) is 0.740. The van der Waals surface area contributed by atoms with Crippen LogP contribution in [-0.4, -0.2) is 51.8 Å². The van der Waals surface area contributed by atoms with Crippen molar-refractivity contribution in [1.82, 2.24) is 19.5 Å². The summed E-state index contributed by atoms with van der Waals surface area (Å²) < 4.78 is 13.1. The second-order valence-corrected chi connectivity index (χ2v) is 7.06. The number of carbonyl (C=O) groups is 1. The van der Waals surface area contributed by atoms with Crippen LogP contribution in [0, 0.1) is 0 Å². The van der Waals surface area contributed by atoms with E-state index in [0.29, 0.717) is 36.9 Å². The zero-order valence-electron chi connectivity index (χ0n) is 15.4. The number of likely N-dealkylation sites (tertiary alicyclic amines) is 1. The molecule has 2 amide bonds. The van der Waals surface area contributed by atoms with Gasteiger partial charge in [0.1, 0.15) is 19.0 Å². The van der Waals surface area contributed by atoms with Crippen LogP contribution in [0.5, 0.6) is 11.5 Å². The first kappa shape index (κ1) is 16.9. The molecule has 144 valence electrons. The van der Waals surface area contributed by atoms with E-state index in [1.165, 1.54) is 0 Å². The third kappa shape index (κ3) is 3.11. The summed E-state index contributed by atoms with van der Waals surface area (Å²) in [5.41, 5.74) is 1.53. The number of amides is 2. The normalized spacial score (nSPS) is 18.9. The van der Waals surface area contributed by atoms with E-state index in [-0.39, 0.29) is 11.9 Å². The molecule has 8 heteroatoms. The predicted molar refractivity (Wildman–Crippen MR) is 103 cm³/mol. The molecule has 2 aliphatic rings. The van der Waals surface area contributed by atoms with Crippen molar-refractivity contribution in [3.05, 3.63) is 48.4 Å². The highest BCUT2D eigenvalue weighted by Gasteiger charge is 2.28. The number of aromatic nitrogens is 3. The molecule has 2 aromatic heterocycles. The molecule has 0 unspecified atom stereocenters. The number of anilines is 1. The number of piperidine rings is 1. The van der Waals surface area contributed by atoms with E-state index in [9.17, 15) is 4.79 Å². The fourth-order valence-electron chi connectivity index (χ4n) is 3.83. The maximum Gasteiger partial charge on any atom is 0.321 e. The molecular weight excluding hydrogens is 358 g/mol. The van der Waals surface area contributed by atoms with Gasteiger partial charge < -0.3 is 19.7 Å². The lowest BCUT2D eigenvalue weighted by atomic mass is 9.97. The van der Waals surface area contributed by atoms with Gasteiger partial charge >= 0.3 is 6.03 Å². The number of nitrogens with zero attached hydrogens (tertiary/aromatic N) is 4. The molecule has 0 bridgehead atoms. The van der Waals surface area contributed by atoms with Gasteiger partial charge in [-0.05, 0) is 37.1 Å². The van der Waals surface area contributed by atoms with Gasteiger partial charge in [-0.2, -0.15) is 0 Å². The van der Waals surface area contributed by atoms with Crippen LogP contribution in [0.25, 0.3) is 5.65 Å². The highest BCUT2D eigenvalue weighted by atomic mass is 16.6. The molecular formula is C20H21N5O3. The molecule has 3 aromatic rings. The van der Waals surface area contributed by atoms with Crippen molar-refractivity contribution in [3.63, 3.8) is 0 Å². The smallest absolute Gasteiger partial charge is 0.321 e. The van der Waals surface area contributed by atoms with E-state index in [1.807, 2.05) is 45.8 Å². The highest BCUT2D eigenvalue weighted by molar-refractivity contribution is 5.89. The monoisotopic (exact) mass is 379 g/mol. The molecule has 0 spiro atoms. The first-order valence-corrected chi connectivity index (χ1v) is 9.53. The van der Waals surface area contributed by atoms with Gasteiger partial charge in [0, 0.05) is 37.0 Å². The number of pyridine rings is 1. The van der Waals surface area contributed by atoms with Crippen LogP contribution in [0.4, 0.5) is 10.5 Å². The Kier molecular flexibility index (Phi) is 4.23. The average molecular weight is 379 g/mol. The molecule has 8 nitrogen and oxygen atoms in total. The summed E-state index contributed by atoms with van der Waals surface area (Å²) in [6.07, 6.45) is 3.89. The van der Waals surface area contributed by atoms with Crippen LogP contribution >= 0.6 is 0 Å². The summed E-state index contributed by atoms with van der Waals surface area (Å²) in [4.78, 5) is 14.7. The third-order valence-electron chi connectivity index (χ3n) is 5.21. The van der Waals surface area contributed by atoms with Crippen molar-refractivity contribution < 1.29 is 14.3 Å². The lowest BCUT2D eigenvalue weighted by molar-refractivity contribution is 0.171. The molecule has 2 aliphatic heterocycles. The first-order chi connectivity index (χ1) is 13.8. The summed E-state index contributed by atoms with van der Waals surface area (Å²) in [7, 11) is 0. The van der Waals surface area contributed by atoms with Crippen LogP contribution in [0.3, 0.4) is 0 Å². The van der Waals surface area contributed by atoms with Crippen LogP contribution in [-0.2, 0) is 0 Å². The average Bonchev–Trinajstić information content (AvgIpc) is 3.18. The Hall–Kier alpha value is -3.29. The Balaban J connectivity index is 1.30. The van der Waals surface area contributed by atoms with Crippen LogP contribution in [0.15, 0.2) is 42.6 Å². The van der Waals surface area contributed by atoms with Gasteiger partial charge in [0.15, 0.2) is 17.1 Å². The Morgan fingerprint density at radius 3 is 2.93 bits per heavy atom. The van der Waals surface area contributed by atoms with E-state index >= 15 is 0 Å². The second kappa shape index (κ2) is 7.03. The summed E-state index contributed by atoms with van der Waals surface area (Å²) in [6, 6.07) is 11.2.